The SMILES string of the molecule is CCNC(=NCc1nccn1Cc1ccccc1)NCCCc1ccc(OC)c(OCC)c1. The molecule has 0 saturated carbocycles. The van der Waals surface area contributed by atoms with Gasteiger partial charge in [0.05, 0.1) is 13.7 Å². The largest absolute Gasteiger partial charge is 0.493 e. The van der Waals surface area contributed by atoms with Gasteiger partial charge in [0.15, 0.2) is 17.5 Å². The summed E-state index contributed by atoms with van der Waals surface area (Å²) in [7, 11) is 1.66. The second kappa shape index (κ2) is 13.2. The highest BCUT2D eigenvalue weighted by Gasteiger charge is 2.07. The van der Waals surface area contributed by atoms with Gasteiger partial charge in [0.2, 0.25) is 0 Å². The van der Waals surface area contributed by atoms with Crippen molar-refractivity contribution in [3.05, 3.63) is 77.9 Å². The lowest BCUT2D eigenvalue weighted by atomic mass is 10.1. The highest BCUT2D eigenvalue weighted by Crippen LogP contribution is 2.28. The van der Waals surface area contributed by atoms with Crippen LogP contribution in [0.4, 0.5) is 0 Å². The molecule has 2 aromatic carbocycles. The van der Waals surface area contributed by atoms with Gasteiger partial charge in [-0.1, -0.05) is 36.4 Å². The summed E-state index contributed by atoms with van der Waals surface area (Å²) < 4.78 is 13.2. The summed E-state index contributed by atoms with van der Waals surface area (Å²) >= 11 is 0. The van der Waals surface area contributed by atoms with Crippen LogP contribution in [0.5, 0.6) is 11.5 Å². The average Bonchev–Trinajstić information content (AvgIpc) is 3.28. The Morgan fingerprint density at radius 2 is 1.88 bits per heavy atom. The van der Waals surface area contributed by atoms with Gasteiger partial charge in [0.1, 0.15) is 12.4 Å². The Morgan fingerprint density at radius 1 is 1.03 bits per heavy atom. The van der Waals surface area contributed by atoms with Crippen LogP contribution in [0.1, 0.15) is 37.2 Å². The van der Waals surface area contributed by atoms with Crippen molar-refractivity contribution in [2.75, 3.05) is 26.8 Å². The number of guanidine groups is 1. The molecule has 1 aromatic heterocycles. The van der Waals surface area contributed by atoms with Crippen LogP contribution < -0.4 is 20.1 Å². The molecule has 3 rings (SSSR count). The molecule has 0 aliphatic heterocycles. The maximum atomic E-state index is 5.68. The lowest BCUT2D eigenvalue weighted by Crippen LogP contribution is -2.38. The van der Waals surface area contributed by atoms with E-state index in [9.17, 15) is 0 Å². The molecule has 7 nitrogen and oxygen atoms in total. The summed E-state index contributed by atoms with van der Waals surface area (Å²) in [6.07, 6.45) is 5.76. The smallest absolute Gasteiger partial charge is 0.191 e. The second-order valence-corrected chi connectivity index (χ2v) is 7.60. The maximum absolute atomic E-state index is 5.68. The zero-order valence-electron chi connectivity index (χ0n) is 19.9. The summed E-state index contributed by atoms with van der Waals surface area (Å²) in [5.74, 6) is 3.31. The van der Waals surface area contributed by atoms with Gasteiger partial charge in [-0.2, -0.15) is 0 Å². The predicted octanol–water partition coefficient (Wildman–Crippen LogP) is 4.03. The first kappa shape index (κ1) is 24.2. The van der Waals surface area contributed by atoms with Crippen LogP contribution in [-0.2, 0) is 19.5 Å². The summed E-state index contributed by atoms with van der Waals surface area (Å²) in [6.45, 7) is 7.60. The van der Waals surface area contributed by atoms with Crippen molar-refractivity contribution in [2.24, 2.45) is 4.99 Å². The molecule has 0 spiro atoms. The number of hydrogen-bond donors (Lipinski definition) is 2. The van der Waals surface area contributed by atoms with Crippen molar-refractivity contribution in [1.82, 2.24) is 20.2 Å². The van der Waals surface area contributed by atoms with Crippen LogP contribution >= 0.6 is 0 Å². The first-order valence-corrected chi connectivity index (χ1v) is 11.6. The van der Waals surface area contributed by atoms with Crippen molar-refractivity contribution in [1.29, 1.82) is 0 Å². The molecule has 0 radical (unpaired) electrons. The number of hydrogen-bond acceptors (Lipinski definition) is 4. The first-order chi connectivity index (χ1) is 16.2. The van der Waals surface area contributed by atoms with Gasteiger partial charge in [0.25, 0.3) is 0 Å². The number of imidazole rings is 1. The van der Waals surface area contributed by atoms with Crippen molar-refractivity contribution in [3.8, 4) is 11.5 Å². The highest BCUT2D eigenvalue weighted by atomic mass is 16.5. The number of aryl methyl sites for hydroxylation is 1. The molecule has 7 heteroatoms. The lowest BCUT2D eigenvalue weighted by molar-refractivity contribution is 0.310. The van der Waals surface area contributed by atoms with Crippen molar-refractivity contribution in [3.63, 3.8) is 0 Å². The van der Waals surface area contributed by atoms with Crippen molar-refractivity contribution >= 4 is 5.96 Å². The standard InChI is InChI=1S/C26H35N5O2/c1-4-27-26(29-15-9-12-21-13-14-23(32-3)24(18-21)33-5-2)30-19-25-28-16-17-31(25)20-22-10-7-6-8-11-22/h6-8,10-11,13-14,16-18H,4-5,9,12,15,19-20H2,1-3H3,(H2,27,29,30). The van der Waals surface area contributed by atoms with E-state index in [0.29, 0.717) is 13.2 Å². The Hall–Kier alpha value is -3.48. The Labute approximate surface area is 196 Å². The van der Waals surface area contributed by atoms with E-state index in [4.69, 9.17) is 14.5 Å². The van der Waals surface area contributed by atoms with Gasteiger partial charge < -0.3 is 24.7 Å². The molecule has 0 bridgehead atoms. The first-order valence-electron chi connectivity index (χ1n) is 11.6. The third kappa shape index (κ3) is 7.56. The van der Waals surface area contributed by atoms with Crippen LogP contribution in [0.25, 0.3) is 0 Å². The van der Waals surface area contributed by atoms with E-state index in [-0.39, 0.29) is 0 Å². The summed E-state index contributed by atoms with van der Waals surface area (Å²) in [5.41, 5.74) is 2.47. The van der Waals surface area contributed by atoms with Crippen LogP contribution in [0, 0.1) is 0 Å². The monoisotopic (exact) mass is 449 g/mol. The molecule has 1 heterocycles. The van der Waals surface area contributed by atoms with Crippen molar-refractivity contribution in [2.45, 2.75) is 39.8 Å². The Morgan fingerprint density at radius 3 is 2.64 bits per heavy atom. The fourth-order valence-corrected chi connectivity index (χ4v) is 3.55. The average molecular weight is 450 g/mol. The molecule has 0 aliphatic carbocycles. The summed E-state index contributed by atoms with van der Waals surface area (Å²) in [4.78, 5) is 9.23. The van der Waals surface area contributed by atoms with Gasteiger partial charge in [-0.3, -0.25) is 0 Å². The Balaban J connectivity index is 1.52. The van der Waals surface area contributed by atoms with Crippen LogP contribution in [0.15, 0.2) is 65.9 Å². The number of nitrogens with one attached hydrogen (secondary N) is 2. The fraction of sp³-hybridized carbons (Fsp3) is 0.385. The van der Waals surface area contributed by atoms with E-state index in [2.05, 4.69) is 63.5 Å². The maximum Gasteiger partial charge on any atom is 0.191 e. The quantitative estimate of drug-likeness (QED) is 0.248. The normalized spacial score (nSPS) is 11.3. The van der Waals surface area contributed by atoms with Gasteiger partial charge in [-0.05, 0) is 49.9 Å². The third-order valence-corrected chi connectivity index (χ3v) is 5.18. The summed E-state index contributed by atoms with van der Waals surface area (Å²) in [6, 6.07) is 16.5. The number of aromatic nitrogens is 2. The highest BCUT2D eigenvalue weighted by molar-refractivity contribution is 5.79. The minimum Gasteiger partial charge on any atom is -0.493 e. The second-order valence-electron chi connectivity index (χ2n) is 7.60. The van der Waals surface area contributed by atoms with Crippen LogP contribution in [0.2, 0.25) is 0 Å². The minimum absolute atomic E-state index is 0.519. The lowest BCUT2D eigenvalue weighted by Gasteiger charge is -2.13. The van der Waals surface area contributed by atoms with Gasteiger partial charge >= 0.3 is 0 Å². The topological polar surface area (TPSA) is 72.7 Å². The Bertz CT molecular complexity index is 1000. The Kier molecular flexibility index (Phi) is 9.63. The fourth-order valence-electron chi connectivity index (χ4n) is 3.55. The molecule has 0 fully saturated rings. The third-order valence-electron chi connectivity index (χ3n) is 5.18. The molecular formula is C26H35N5O2. The van der Waals surface area contributed by atoms with Gasteiger partial charge in [-0.25, -0.2) is 9.98 Å². The van der Waals surface area contributed by atoms with E-state index in [1.54, 1.807) is 7.11 Å². The summed E-state index contributed by atoms with van der Waals surface area (Å²) in [5, 5.41) is 6.75. The predicted molar refractivity (Wildman–Crippen MR) is 133 cm³/mol. The van der Waals surface area contributed by atoms with Crippen molar-refractivity contribution < 1.29 is 9.47 Å². The van der Waals surface area contributed by atoms with E-state index < -0.39 is 0 Å². The van der Waals surface area contributed by atoms with E-state index >= 15 is 0 Å². The van der Waals surface area contributed by atoms with E-state index in [1.807, 2.05) is 31.5 Å². The number of aliphatic imine (C=N–C) groups is 1. The number of ether oxygens (including phenoxy) is 2. The van der Waals surface area contributed by atoms with Crippen LogP contribution in [-0.4, -0.2) is 42.3 Å². The molecule has 0 unspecified atom stereocenters. The molecule has 0 saturated heterocycles. The molecule has 176 valence electrons. The zero-order valence-corrected chi connectivity index (χ0v) is 19.9. The minimum atomic E-state index is 0.519. The number of benzene rings is 2. The van der Waals surface area contributed by atoms with E-state index in [1.165, 1.54) is 11.1 Å². The number of methoxy groups -OCH3 is 1. The van der Waals surface area contributed by atoms with Crippen LogP contribution in [0.3, 0.4) is 0 Å². The van der Waals surface area contributed by atoms with E-state index in [0.717, 1.165) is 55.8 Å². The number of rotatable bonds is 12. The molecular weight excluding hydrogens is 414 g/mol. The van der Waals surface area contributed by atoms with Gasteiger partial charge in [0, 0.05) is 32.0 Å². The molecule has 0 amide bonds. The molecule has 33 heavy (non-hydrogen) atoms. The number of nitrogens with zero attached hydrogens (tertiary/aromatic N) is 3. The molecule has 2 N–H and O–H groups in total. The molecule has 0 atom stereocenters. The molecule has 0 aliphatic rings. The van der Waals surface area contributed by atoms with Gasteiger partial charge in [-0.15, -0.1) is 0 Å². The zero-order chi connectivity index (χ0) is 23.3. The molecule has 3 aromatic rings.